The van der Waals surface area contributed by atoms with Gasteiger partial charge in [-0.15, -0.1) is 5.10 Å². The molecular weight excluding hydrogens is 328 g/mol. The monoisotopic (exact) mass is 340 g/mol. The summed E-state index contributed by atoms with van der Waals surface area (Å²) in [5, 5.41) is 25.7. The van der Waals surface area contributed by atoms with Crippen molar-refractivity contribution in [2.45, 2.75) is 0 Å². The molecule has 8 heteroatoms. The lowest BCUT2D eigenvalue weighted by molar-refractivity contribution is 0.477. The number of aromatic amines is 1. The molecular formula is C16H13ClN6O. The molecule has 0 fully saturated rings. The summed E-state index contributed by atoms with van der Waals surface area (Å²) >= 11 is 6.41. The van der Waals surface area contributed by atoms with Crippen LogP contribution in [0.15, 0.2) is 42.6 Å². The number of hydrogen-bond acceptors (Lipinski definition) is 5. The largest absolute Gasteiger partial charge is 0.507 e. The van der Waals surface area contributed by atoms with Crippen LogP contribution in [0.1, 0.15) is 0 Å². The number of phenols is 1. The number of anilines is 2. The van der Waals surface area contributed by atoms with E-state index in [9.17, 15) is 5.11 Å². The summed E-state index contributed by atoms with van der Waals surface area (Å²) in [6, 6.07) is 10.7. The predicted molar refractivity (Wildman–Crippen MR) is 92.5 cm³/mol. The molecule has 0 aliphatic carbocycles. The highest BCUT2D eigenvalue weighted by molar-refractivity contribution is 6.38. The SMILES string of the molecule is Cn1nc(-c2ccccc2O)nc1Nc1ccc2[nH]ncc2c1Cl. The van der Waals surface area contributed by atoms with Crippen LogP contribution in [-0.4, -0.2) is 30.1 Å². The number of H-pyrrole nitrogens is 1. The molecule has 3 N–H and O–H groups in total. The minimum atomic E-state index is 0.132. The third-order valence-electron chi connectivity index (χ3n) is 3.71. The number of phenolic OH excluding ortho intramolecular Hbond substituents is 1. The van der Waals surface area contributed by atoms with Crippen LogP contribution in [0.5, 0.6) is 5.75 Å². The maximum absolute atomic E-state index is 9.95. The van der Waals surface area contributed by atoms with Gasteiger partial charge < -0.3 is 10.4 Å². The molecule has 0 atom stereocenters. The van der Waals surface area contributed by atoms with E-state index in [1.54, 1.807) is 36.1 Å². The Kier molecular flexibility index (Phi) is 3.35. The molecule has 0 aliphatic rings. The lowest BCUT2D eigenvalue weighted by Gasteiger charge is -2.07. The van der Waals surface area contributed by atoms with E-state index in [-0.39, 0.29) is 5.75 Å². The average molecular weight is 341 g/mol. The van der Waals surface area contributed by atoms with E-state index in [2.05, 4.69) is 25.6 Å². The third-order valence-corrected chi connectivity index (χ3v) is 4.12. The van der Waals surface area contributed by atoms with Crippen molar-refractivity contribution >= 4 is 34.1 Å². The summed E-state index contributed by atoms with van der Waals surface area (Å²) < 4.78 is 1.59. The van der Waals surface area contributed by atoms with Crippen LogP contribution in [0, 0.1) is 0 Å². The van der Waals surface area contributed by atoms with Crippen LogP contribution in [0.25, 0.3) is 22.3 Å². The van der Waals surface area contributed by atoms with Gasteiger partial charge in [0, 0.05) is 12.4 Å². The fourth-order valence-corrected chi connectivity index (χ4v) is 2.73. The van der Waals surface area contributed by atoms with E-state index < -0.39 is 0 Å². The number of benzene rings is 2. The molecule has 0 amide bonds. The molecule has 0 unspecified atom stereocenters. The maximum atomic E-state index is 9.95. The highest BCUT2D eigenvalue weighted by Crippen LogP contribution is 2.32. The van der Waals surface area contributed by atoms with Gasteiger partial charge in [0.2, 0.25) is 5.95 Å². The van der Waals surface area contributed by atoms with Crippen LogP contribution in [-0.2, 0) is 7.05 Å². The van der Waals surface area contributed by atoms with Crippen molar-refractivity contribution in [2.75, 3.05) is 5.32 Å². The number of rotatable bonds is 3. The fraction of sp³-hybridized carbons (Fsp3) is 0.0625. The Hall–Kier alpha value is -3.06. The molecule has 0 bridgehead atoms. The minimum Gasteiger partial charge on any atom is -0.507 e. The van der Waals surface area contributed by atoms with Crippen LogP contribution in [0.2, 0.25) is 5.02 Å². The maximum Gasteiger partial charge on any atom is 0.226 e. The van der Waals surface area contributed by atoms with Gasteiger partial charge in [0.1, 0.15) is 5.75 Å². The smallest absolute Gasteiger partial charge is 0.226 e. The van der Waals surface area contributed by atoms with Crippen molar-refractivity contribution in [1.29, 1.82) is 0 Å². The summed E-state index contributed by atoms with van der Waals surface area (Å²) in [5.41, 5.74) is 2.13. The first-order chi connectivity index (χ1) is 11.6. The quantitative estimate of drug-likeness (QED) is 0.531. The number of halogens is 1. The highest BCUT2D eigenvalue weighted by Gasteiger charge is 2.14. The van der Waals surface area contributed by atoms with Gasteiger partial charge in [-0.3, -0.25) is 5.10 Å². The van der Waals surface area contributed by atoms with Crippen molar-refractivity contribution in [3.05, 3.63) is 47.6 Å². The number of nitrogens with one attached hydrogen (secondary N) is 2. The Labute approximate surface area is 141 Å². The normalized spacial score (nSPS) is 11.1. The molecule has 2 heterocycles. The zero-order valence-electron chi connectivity index (χ0n) is 12.7. The van der Waals surface area contributed by atoms with E-state index in [0.717, 1.165) is 10.9 Å². The molecule has 0 aliphatic heterocycles. The first kappa shape index (κ1) is 14.5. The summed E-state index contributed by atoms with van der Waals surface area (Å²) in [7, 11) is 1.77. The number of aryl methyl sites for hydroxylation is 1. The van der Waals surface area contributed by atoms with Gasteiger partial charge in [-0.2, -0.15) is 10.1 Å². The van der Waals surface area contributed by atoms with Gasteiger partial charge in [0.05, 0.1) is 28.0 Å². The molecule has 0 saturated carbocycles. The molecule has 4 rings (SSSR count). The topological polar surface area (TPSA) is 91.6 Å². The first-order valence-electron chi connectivity index (χ1n) is 7.21. The van der Waals surface area contributed by atoms with Crippen molar-refractivity contribution in [2.24, 2.45) is 7.05 Å². The Morgan fingerprint density at radius 2 is 2.04 bits per heavy atom. The minimum absolute atomic E-state index is 0.132. The van der Waals surface area contributed by atoms with Crippen LogP contribution < -0.4 is 5.32 Å². The van der Waals surface area contributed by atoms with Crippen molar-refractivity contribution < 1.29 is 5.11 Å². The van der Waals surface area contributed by atoms with E-state index in [1.165, 1.54) is 0 Å². The van der Waals surface area contributed by atoms with E-state index in [1.807, 2.05) is 18.2 Å². The summed E-state index contributed by atoms with van der Waals surface area (Å²) in [6.45, 7) is 0. The number of fused-ring (bicyclic) bond motifs is 1. The second-order valence-electron chi connectivity index (χ2n) is 5.28. The standard InChI is InChI=1S/C16H13ClN6O/c1-23-16(20-15(22-23)9-4-2-3-5-13(9)24)19-12-7-6-11-10(14(12)17)8-18-21-11/h2-8,24H,1H3,(H,18,21)(H,19,20,22). The second-order valence-corrected chi connectivity index (χ2v) is 5.66. The van der Waals surface area contributed by atoms with E-state index in [0.29, 0.717) is 28.0 Å². The Morgan fingerprint density at radius 3 is 2.88 bits per heavy atom. The molecule has 0 radical (unpaired) electrons. The molecule has 2 aromatic carbocycles. The molecule has 0 saturated heterocycles. The van der Waals surface area contributed by atoms with Gasteiger partial charge in [0.15, 0.2) is 5.82 Å². The van der Waals surface area contributed by atoms with Crippen LogP contribution in [0.3, 0.4) is 0 Å². The summed E-state index contributed by atoms with van der Waals surface area (Å²) in [5.74, 6) is 1.07. The number of nitrogens with zero attached hydrogens (tertiary/aromatic N) is 4. The summed E-state index contributed by atoms with van der Waals surface area (Å²) in [6.07, 6.45) is 1.67. The predicted octanol–water partition coefficient (Wildman–Crippen LogP) is 3.46. The van der Waals surface area contributed by atoms with Crippen molar-refractivity contribution in [3.8, 4) is 17.1 Å². The van der Waals surface area contributed by atoms with Gasteiger partial charge in [-0.25, -0.2) is 4.68 Å². The number of aromatic hydroxyl groups is 1. The first-order valence-corrected chi connectivity index (χ1v) is 7.59. The second kappa shape index (κ2) is 5.54. The Morgan fingerprint density at radius 1 is 1.21 bits per heavy atom. The van der Waals surface area contributed by atoms with Crippen molar-refractivity contribution in [1.82, 2.24) is 25.0 Å². The van der Waals surface area contributed by atoms with Gasteiger partial charge in [-0.05, 0) is 24.3 Å². The van der Waals surface area contributed by atoms with Crippen LogP contribution >= 0.6 is 11.6 Å². The van der Waals surface area contributed by atoms with E-state index in [4.69, 9.17) is 11.6 Å². The Balaban J connectivity index is 1.72. The number of aromatic nitrogens is 5. The van der Waals surface area contributed by atoms with Crippen LogP contribution in [0.4, 0.5) is 11.6 Å². The lowest BCUT2D eigenvalue weighted by Crippen LogP contribution is -2.00. The number of hydrogen-bond donors (Lipinski definition) is 3. The molecule has 4 aromatic rings. The third kappa shape index (κ3) is 2.35. The van der Waals surface area contributed by atoms with Gasteiger partial charge in [0.25, 0.3) is 0 Å². The zero-order chi connectivity index (χ0) is 16.7. The average Bonchev–Trinajstić information content (AvgIpc) is 3.18. The van der Waals surface area contributed by atoms with Gasteiger partial charge in [-0.1, -0.05) is 23.7 Å². The van der Waals surface area contributed by atoms with Gasteiger partial charge >= 0.3 is 0 Å². The molecule has 0 spiro atoms. The molecule has 2 aromatic heterocycles. The fourth-order valence-electron chi connectivity index (χ4n) is 2.47. The highest BCUT2D eigenvalue weighted by atomic mass is 35.5. The lowest BCUT2D eigenvalue weighted by atomic mass is 10.2. The zero-order valence-corrected chi connectivity index (χ0v) is 13.4. The molecule has 7 nitrogen and oxygen atoms in total. The van der Waals surface area contributed by atoms with Crippen molar-refractivity contribution in [3.63, 3.8) is 0 Å². The summed E-state index contributed by atoms with van der Waals surface area (Å²) in [4.78, 5) is 4.44. The Bertz CT molecular complexity index is 1040. The number of para-hydroxylation sites is 1. The molecule has 120 valence electrons. The molecule has 24 heavy (non-hydrogen) atoms. The van der Waals surface area contributed by atoms with E-state index >= 15 is 0 Å².